The molecule has 0 radical (unpaired) electrons. The Bertz CT molecular complexity index is 451. The van der Waals surface area contributed by atoms with E-state index < -0.39 is 5.97 Å². The van der Waals surface area contributed by atoms with E-state index in [1.165, 1.54) is 12.1 Å². The molecule has 0 heterocycles. The molecule has 0 aliphatic rings. The van der Waals surface area contributed by atoms with Gasteiger partial charge in [0.05, 0.1) is 24.3 Å². The lowest BCUT2D eigenvalue weighted by Crippen LogP contribution is -2.07. The van der Waals surface area contributed by atoms with Crippen LogP contribution in [-0.2, 0) is 11.3 Å². The van der Waals surface area contributed by atoms with Crippen molar-refractivity contribution < 1.29 is 14.6 Å². The van der Waals surface area contributed by atoms with E-state index >= 15 is 0 Å². The van der Waals surface area contributed by atoms with Gasteiger partial charge in [0.2, 0.25) is 0 Å². The summed E-state index contributed by atoms with van der Waals surface area (Å²) in [6.07, 6.45) is 0. The summed E-state index contributed by atoms with van der Waals surface area (Å²) in [5.74, 6) is -0.542. The van der Waals surface area contributed by atoms with E-state index in [0.29, 0.717) is 5.56 Å². The summed E-state index contributed by atoms with van der Waals surface area (Å²) >= 11 is 4.10. The van der Waals surface area contributed by atoms with Crippen LogP contribution in [0.3, 0.4) is 0 Å². The standard InChI is InChI=1S/C11H11NO3S/c1-2-15-11(14)9-4-7(6-13)3-8(5-12)10(9)16/h3-4,13,16H,2,6H2,1H3. The maximum absolute atomic E-state index is 11.5. The van der Waals surface area contributed by atoms with E-state index in [0.717, 1.165) is 0 Å². The van der Waals surface area contributed by atoms with Gasteiger partial charge in [-0.3, -0.25) is 0 Å². The Balaban J connectivity index is 3.27. The van der Waals surface area contributed by atoms with E-state index in [-0.39, 0.29) is 29.2 Å². The first-order chi connectivity index (χ1) is 7.63. The van der Waals surface area contributed by atoms with Gasteiger partial charge in [0.1, 0.15) is 6.07 Å². The number of nitriles is 1. The molecule has 0 saturated carbocycles. The van der Waals surface area contributed by atoms with Crippen molar-refractivity contribution in [2.45, 2.75) is 18.4 Å². The summed E-state index contributed by atoms with van der Waals surface area (Å²) in [5.41, 5.74) is 0.934. The zero-order valence-corrected chi connectivity index (χ0v) is 9.62. The van der Waals surface area contributed by atoms with Crippen molar-refractivity contribution in [2.75, 3.05) is 6.61 Å². The molecule has 1 rings (SSSR count). The number of hydrogen-bond donors (Lipinski definition) is 2. The lowest BCUT2D eigenvalue weighted by atomic mass is 10.1. The number of benzene rings is 1. The molecule has 0 atom stereocenters. The molecular weight excluding hydrogens is 226 g/mol. The minimum atomic E-state index is -0.542. The van der Waals surface area contributed by atoms with Crippen LogP contribution >= 0.6 is 12.6 Å². The number of aliphatic hydroxyl groups is 1. The van der Waals surface area contributed by atoms with Crippen LogP contribution in [-0.4, -0.2) is 17.7 Å². The largest absolute Gasteiger partial charge is 0.462 e. The van der Waals surface area contributed by atoms with Crippen molar-refractivity contribution in [3.05, 3.63) is 28.8 Å². The first-order valence-corrected chi connectivity index (χ1v) is 5.12. The molecule has 0 aromatic heterocycles. The van der Waals surface area contributed by atoms with Crippen molar-refractivity contribution in [1.29, 1.82) is 5.26 Å². The highest BCUT2D eigenvalue weighted by molar-refractivity contribution is 7.80. The van der Waals surface area contributed by atoms with Crippen LogP contribution in [0.25, 0.3) is 0 Å². The van der Waals surface area contributed by atoms with E-state index in [1.54, 1.807) is 6.92 Å². The van der Waals surface area contributed by atoms with E-state index in [4.69, 9.17) is 15.1 Å². The Kier molecular flexibility index (Phi) is 4.35. The Labute approximate surface area is 98.9 Å². The lowest BCUT2D eigenvalue weighted by molar-refractivity contribution is 0.0522. The molecule has 1 N–H and O–H groups in total. The lowest BCUT2D eigenvalue weighted by Gasteiger charge is -2.08. The zero-order valence-electron chi connectivity index (χ0n) is 8.73. The molecule has 5 heteroatoms. The van der Waals surface area contributed by atoms with E-state index in [9.17, 15) is 4.79 Å². The minimum Gasteiger partial charge on any atom is -0.462 e. The molecule has 0 unspecified atom stereocenters. The predicted molar refractivity (Wildman–Crippen MR) is 60.3 cm³/mol. The summed E-state index contributed by atoms with van der Waals surface area (Å²) in [5, 5.41) is 17.8. The number of rotatable bonds is 3. The number of nitrogens with zero attached hydrogens (tertiary/aromatic N) is 1. The number of carbonyl (C=O) groups is 1. The summed E-state index contributed by atoms with van der Waals surface area (Å²) in [7, 11) is 0. The normalized spacial score (nSPS) is 9.62. The first kappa shape index (κ1) is 12.6. The fourth-order valence-corrected chi connectivity index (χ4v) is 1.51. The monoisotopic (exact) mass is 237 g/mol. The second-order valence-electron chi connectivity index (χ2n) is 3.03. The van der Waals surface area contributed by atoms with Crippen LogP contribution in [0.1, 0.15) is 28.4 Å². The molecule has 84 valence electrons. The molecule has 0 spiro atoms. The fraction of sp³-hybridized carbons (Fsp3) is 0.273. The molecule has 4 nitrogen and oxygen atoms in total. The molecule has 0 saturated heterocycles. The van der Waals surface area contributed by atoms with Gasteiger partial charge in [-0.25, -0.2) is 4.79 Å². The highest BCUT2D eigenvalue weighted by Gasteiger charge is 2.15. The maximum atomic E-state index is 11.5. The number of hydrogen-bond acceptors (Lipinski definition) is 5. The molecule has 0 aliphatic heterocycles. The third-order valence-electron chi connectivity index (χ3n) is 1.97. The van der Waals surface area contributed by atoms with Gasteiger partial charge < -0.3 is 9.84 Å². The van der Waals surface area contributed by atoms with Crippen LogP contribution in [0, 0.1) is 11.3 Å². The molecule has 0 aliphatic carbocycles. The van der Waals surface area contributed by atoms with Gasteiger partial charge >= 0.3 is 5.97 Å². The second-order valence-corrected chi connectivity index (χ2v) is 3.48. The summed E-state index contributed by atoms with van der Waals surface area (Å²) in [4.78, 5) is 11.8. The van der Waals surface area contributed by atoms with E-state index in [2.05, 4.69) is 12.6 Å². The summed E-state index contributed by atoms with van der Waals surface area (Å²) in [6, 6.07) is 4.88. The molecule has 0 amide bonds. The number of ether oxygens (including phenoxy) is 1. The SMILES string of the molecule is CCOC(=O)c1cc(CO)cc(C#N)c1S. The van der Waals surface area contributed by atoms with Crippen molar-refractivity contribution >= 4 is 18.6 Å². The molecule has 0 fully saturated rings. The van der Waals surface area contributed by atoms with Crippen molar-refractivity contribution in [3.63, 3.8) is 0 Å². The van der Waals surface area contributed by atoms with Crippen LogP contribution in [0.5, 0.6) is 0 Å². The molecule has 16 heavy (non-hydrogen) atoms. The molecular formula is C11H11NO3S. The smallest absolute Gasteiger partial charge is 0.339 e. The number of thiol groups is 1. The number of aliphatic hydroxyl groups excluding tert-OH is 1. The predicted octanol–water partition coefficient (Wildman–Crippen LogP) is 1.52. The minimum absolute atomic E-state index is 0.202. The first-order valence-electron chi connectivity index (χ1n) is 4.68. The summed E-state index contributed by atoms with van der Waals surface area (Å²) in [6.45, 7) is 1.70. The zero-order chi connectivity index (χ0) is 12.1. The van der Waals surface area contributed by atoms with Gasteiger partial charge in [0, 0.05) is 4.90 Å². The van der Waals surface area contributed by atoms with Gasteiger partial charge in [-0.2, -0.15) is 5.26 Å². The fourth-order valence-electron chi connectivity index (χ4n) is 1.24. The van der Waals surface area contributed by atoms with Crippen LogP contribution in [0.4, 0.5) is 0 Å². The van der Waals surface area contributed by atoms with Crippen LogP contribution < -0.4 is 0 Å². The van der Waals surface area contributed by atoms with Gasteiger partial charge in [-0.15, -0.1) is 12.6 Å². The highest BCUT2D eigenvalue weighted by atomic mass is 32.1. The second kappa shape index (κ2) is 5.54. The van der Waals surface area contributed by atoms with Gasteiger partial charge in [-0.05, 0) is 24.6 Å². The Hall–Kier alpha value is -1.51. The number of carbonyl (C=O) groups excluding carboxylic acids is 1. The van der Waals surface area contributed by atoms with Crippen molar-refractivity contribution in [2.24, 2.45) is 0 Å². The Morgan fingerprint density at radius 3 is 2.81 bits per heavy atom. The quantitative estimate of drug-likeness (QED) is 0.617. The molecule has 1 aromatic rings. The topological polar surface area (TPSA) is 70.3 Å². The van der Waals surface area contributed by atoms with Gasteiger partial charge in [-0.1, -0.05) is 0 Å². The Morgan fingerprint density at radius 1 is 1.62 bits per heavy atom. The third kappa shape index (κ3) is 2.54. The average molecular weight is 237 g/mol. The number of esters is 1. The Morgan fingerprint density at radius 2 is 2.31 bits per heavy atom. The maximum Gasteiger partial charge on any atom is 0.339 e. The van der Waals surface area contributed by atoms with E-state index in [1.807, 2.05) is 6.07 Å². The van der Waals surface area contributed by atoms with Gasteiger partial charge in [0.15, 0.2) is 0 Å². The average Bonchev–Trinajstić information content (AvgIpc) is 2.29. The van der Waals surface area contributed by atoms with Crippen molar-refractivity contribution in [3.8, 4) is 6.07 Å². The third-order valence-corrected chi connectivity index (χ3v) is 2.45. The van der Waals surface area contributed by atoms with Crippen molar-refractivity contribution in [1.82, 2.24) is 0 Å². The molecule has 0 bridgehead atoms. The van der Waals surface area contributed by atoms with Gasteiger partial charge in [0.25, 0.3) is 0 Å². The summed E-state index contributed by atoms with van der Waals surface area (Å²) < 4.78 is 4.83. The highest BCUT2D eigenvalue weighted by Crippen LogP contribution is 2.22. The van der Waals surface area contributed by atoms with Crippen LogP contribution in [0.15, 0.2) is 17.0 Å². The van der Waals surface area contributed by atoms with Crippen LogP contribution in [0.2, 0.25) is 0 Å². The molecule has 1 aromatic carbocycles.